The molecule has 2 heterocycles. The summed E-state index contributed by atoms with van der Waals surface area (Å²) in [5.41, 5.74) is 1.36. The molecule has 0 amide bonds. The Morgan fingerprint density at radius 3 is 2.58 bits per heavy atom. The van der Waals surface area contributed by atoms with Gasteiger partial charge >= 0.3 is 0 Å². The van der Waals surface area contributed by atoms with Crippen molar-refractivity contribution in [1.82, 2.24) is 20.4 Å². The number of methoxy groups -OCH3 is 1. The molecule has 24 heavy (non-hydrogen) atoms. The Morgan fingerprint density at radius 2 is 1.96 bits per heavy atom. The maximum absolute atomic E-state index is 5.22. The molecule has 2 aromatic rings. The number of benzene rings is 1. The SMILES string of the molecule is COc1ccc(CN2CCC(CNCc3nnc(C)s3)CC2)cc1. The summed E-state index contributed by atoms with van der Waals surface area (Å²) in [5, 5.41) is 13.9. The van der Waals surface area contributed by atoms with Crippen molar-refractivity contribution in [1.29, 1.82) is 0 Å². The molecular weight excluding hydrogens is 320 g/mol. The van der Waals surface area contributed by atoms with Crippen LogP contribution >= 0.6 is 11.3 Å². The quantitative estimate of drug-likeness (QED) is 0.835. The second kappa shape index (κ2) is 8.55. The first-order chi connectivity index (χ1) is 11.7. The van der Waals surface area contributed by atoms with E-state index < -0.39 is 0 Å². The number of likely N-dealkylation sites (tertiary alicyclic amines) is 1. The van der Waals surface area contributed by atoms with Crippen molar-refractivity contribution < 1.29 is 4.74 Å². The van der Waals surface area contributed by atoms with Crippen LogP contribution in [0.3, 0.4) is 0 Å². The van der Waals surface area contributed by atoms with Gasteiger partial charge in [0.25, 0.3) is 0 Å². The van der Waals surface area contributed by atoms with Crippen molar-refractivity contribution in [3.05, 3.63) is 39.8 Å². The summed E-state index contributed by atoms with van der Waals surface area (Å²) in [6.07, 6.45) is 2.52. The van der Waals surface area contributed by atoms with Crippen LogP contribution in [0.5, 0.6) is 5.75 Å². The van der Waals surface area contributed by atoms with E-state index in [1.54, 1.807) is 18.4 Å². The number of hydrogen-bond donors (Lipinski definition) is 1. The van der Waals surface area contributed by atoms with E-state index in [0.717, 1.165) is 41.3 Å². The molecule has 1 N–H and O–H groups in total. The zero-order chi connectivity index (χ0) is 16.8. The van der Waals surface area contributed by atoms with Gasteiger partial charge in [0, 0.05) is 13.1 Å². The summed E-state index contributed by atoms with van der Waals surface area (Å²) in [6, 6.07) is 8.41. The van der Waals surface area contributed by atoms with Crippen LogP contribution in [0.1, 0.15) is 28.4 Å². The van der Waals surface area contributed by atoms with Gasteiger partial charge in [0.05, 0.1) is 7.11 Å². The molecule has 0 saturated carbocycles. The topological polar surface area (TPSA) is 50.3 Å². The maximum atomic E-state index is 5.22. The largest absolute Gasteiger partial charge is 0.497 e. The van der Waals surface area contributed by atoms with Gasteiger partial charge in [-0.05, 0) is 63.0 Å². The highest BCUT2D eigenvalue weighted by Crippen LogP contribution is 2.20. The van der Waals surface area contributed by atoms with Crippen LogP contribution in [-0.4, -0.2) is 41.8 Å². The zero-order valence-corrected chi connectivity index (χ0v) is 15.3. The van der Waals surface area contributed by atoms with Gasteiger partial charge < -0.3 is 10.1 Å². The highest BCUT2D eigenvalue weighted by atomic mass is 32.1. The Balaban J connectivity index is 1.35. The molecule has 3 rings (SSSR count). The van der Waals surface area contributed by atoms with E-state index in [1.165, 1.54) is 31.5 Å². The van der Waals surface area contributed by atoms with Gasteiger partial charge in [0.15, 0.2) is 0 Å². The smallest absolute Gasteiger partial charge is 0.131 e. The number of aryl methyl sites for hydroxylation is 1. The molecule has 1 saturated heterocycles. The van der Waals surface area contributed by atoms with E-state index in [-0.39, 0.29) is 0 Å². The highest BCUT2D eigenvalue weighted by Gasteiger charge is 2.19. The maximum Gasteiger partial charge on any atom is 0.131 e. The Bertz CT molecular complexity index is 620. The van der Waals surface area contributed by atoms with Gasteiger partial charge in [-0.3, -0.25) is 4.90 Å². The van der Waals surface area contributed by atoms with E-state index in [4.69, 9.17) is 4.74 Å². The third-order valence-corrected chi connectivity index (χ3v) is 5.39. The third-order valence-electron chi connectivity index (χ3n) is 4.55. The molecule has 0 spiro atoms. The van der Waals surface area contributed by atoms with E-state index in [1.807, 2.05) is 19.1 Å². The first kappa shape index (κ1) is 17.3. The van der Waals surface area contributed by atoms with Crippen LogP contribution in [-0.2, 0) is 13.1 Å². The van der Waals surface area contributed by atoms with Gasteiger partial charge in [-0.15, -0.1) is 21.5 Å². The molecule has 0 radical (unpaired) electrons. The molecule has 0 bridgehead atoms. The molecule has 1 fully saturated rings. The van der Waals surface area contributed by atoms with Crippen molar-refractivity contribution in [2.45, 2.75) is 32.9 Å². The molecule has 1 aromatic carbocycles. The minimum Gasteiger partial charge on any atom is -0.497 e. The lowest BCUT2D eigenvalue weighted by Gasteiger charge is -2.32. The highest BCUT2D eigenvalue weighted by molar-refractivity contribution is 7.11. The number of rotatable bonds is 7. The summed E-state index contributed by atoms with van der Waals surface area (Å²) in [6.45, 7) is 7.31. The molecule has 1 aliphatic heterocycles. The standard InChI is InChI=1S/C18H26N4OS/c1-14-20-21-18(24-14)12-19-11-15-7-9-22(10-8-15)13-16-3-5-17(23-2)6-4-16/h3-6,15,19H,7-13H2,1-2H3. The van der Waals surface area contributed by atoms with Crippen LogP contribution in [0.2, 0.25) is 0 Å². The molecular formula is C18H26N4OS. The molecule has 6 heteroatoms. The normalized spacial score (nSPS) is 16.4. The lowest BCUT2D eigenvalue weighted by molar-refractivity contribution is 0.175. The predicted octanol–water partition coefficient (Wildman–Crippen LogP) is 2.86. The second-order valence-electron chi connectivity index (χ2n) is 6.41. The Kier molecular flexibility index (Phi) is 6.18. The number of aromatic nitrogens is 2. The van der Waals surface area contributed by atoms with E-state index in [2.05, 4.69) is 32.5 Å². The Hall–Kier alpha value is -1.50. The Labute approximate surface area is 148 Å². The third kappa shape index (κ3) is 5.00. The van der Waals surface area contributed by atoms with E-state index in [9.17, 15) is 0 Å². The molecule has 1 aliphatic rings. The summed E-state index contributed by atoms with van der Waals surface area (Å²) < 4.78 is 5.22. The van der Waals surface area contributed by atoms with Crippen LogP contribution < -0.4 is 10.1 Å². The van der Waals surface area contributed by atoms with Gasteiger partial charge in [0.2, 0.25) is 0 Å². The number of nitrogens with one attached hydrogen (secondary N) is 1. The number of hydrogen-bond acceptors (Lipinski definition) is 6. The number of nitrogens with zero attached hydrogens (tertiary/aromatic N) is 3. The summed E-state index contributed by atoms with van der Waals surface area (Å²) in [7, 11) is 1.71. The van der Waals surface area contributed by atoms with Gasteiger partial charge in [-0.2, -0.15) is 0 Å². The van der Waals surface area contributed by atoms with Gasteiger partial charge in [-0.1, -0.05) is 12.1 Å². The summed E-state index contributed by atoms with van der Waals surface area (Å²) in [4.78, 5) is 2.55. The Morgan fingerprint density at radius 1 is 1.21 bits per heavy atom. The second-order valence-corrected chi connectivity index (χ2v) is 7.68. The molecule has 0 unspecified atom stereocenters. The minimum absolute atomic E-state index is 0.770. The van der Waals surface area contributed by atoms with Crippen molar-refractivity contribution in [3.63, 3.8) is 0 Å². The summed E-state index contributed by atoms with van der Waals surface area (Å²) in [5.74, 6) is 1.69. The zero-order valence-electron chi connectivity index (χ0n) is 14.5. The molecule has 130 valence electrons. The average molecular weight is 347 g/mol. The fourth-order valence-corrected chi connectivity index (χ4v) is 3.81. The number of ether oxygens (including phenoxy) is 1. The molecule has 0 aliphatic carbocycles. The van der Waals surface area contributed by atoms with Crippen LogP contribution in [0, 0.1) is 12.8 Å². The van der Waals surface area contributed by atoms with Gasteiger partial charge in [-0.25, -0.2) is 0 Å². The number of piperidine rings is 1. The van der Waals surface area contributed by atoms with Crippen LogP contribution in [0.25, 0.3) is 0 Å². The lowest BCUT2D eigenvalue weighted by Crippen LogP contribution is -2.36. The molecule has 5 nitrogen and oxygen atoms in total. The van der Waals surface area contributed by atoms with Crippen LogP contribution in [0.15, 0.2) is 24.3 Å². The van der Waals surface area contributed by atoms with Crippen LogP contribution in [0.4, 0.5) is 0 Å². The fourth-order valence-electron chi connectivity index (χ4n) is 3.13. The first-order valence-electron chi connectivity index (χ1n) is 8.58. The lowest BCUT2D eigenvalue weighted by atomic mass is 9.96. The minimum atomic E-state index is 0.770. The molecule has 0 atom stereocenters. The average Bonchev–Trinajstić information content (AvgIpc) is 3.02. The van der Waals surface area contributed by atoms with Crippen molar-refractivity contribution in [3.8, 4) is 5.75 Å². The van der Waals surface area contributed by atoms with Crippen molar-refractivity contribution >= 4 is 11.3 Å². The monoisotopic (exact) mass is 346 g/mol. The molecule has 1 aromatic heterocycles. The predicted molar refractivity (Wildman–Crippen MR) is 97.3 cm³/mol. The van der Waals surface area contributed by atoms with E-state index in [0.29, 0.717) is 0 Å². The van der Waals surface area contributed by atoms with Gasteiger partial charge in [0.1, 0.15) is 15.8 Å². The van der Waals surface area contributed by atoms with Crippen molar-refractivity contribution in [2.75, 3.05) is 26.7 Å². The van der Waals surface area contributed by atoms with E-state index >= 15 is 0 Å². The van der Waals surface area contributed by atoms with Crippen molar-refractivity contribution in [2.24, 2.45) is 5.92 Å². The fraction of sp³-hybridized carbons (Fsp3) is 0.556. The first-order valence-corrected chi connectivity index (χ1v) is 9.39. The summed E-state index contributed by atoms with van der Waals surface area (Å²) >= 11 is 1.68.